The largest absolute Gasteiger partial charge is 0.480 e. The summed E-state index contributed by atoms with van der Waals surface area (Å²) < 4.78 is 10.5. The van der Waals surface area contributed by atoms with Crippen molar-refractivity contribution in [3.05, 3.63) is 36.3 Å². The van der Waals surface area contributed by atoms with Gasteiger partial charge in [-0.05, 0) is 25.0 Å². The van der Waals surface area contributed by atoms with Crippen LogP contribution in [0.2, 0.25) is 0 Å². The number of aliphatic carboxylic acids is 1. The molecule has 1 aliphatic heterocycles. The predicted octanol–water partition coefficient (Wildman–Crippen LogP) is 1.44. The third-order valence-corrected chi connectivity index (χ3v) is 3.87. The molecule has 3 rings (SSSR count). The minimum absolute atomic E-state index is 0.0848. The quantitative estimate of drug-likeness (QED) is 0.883. The second kappa shape index (κ2) is 7.22. The van der Waals surface area contributed by atoms with Crippen LogP contribution >= 0.6 is 0 Å². The van der Waals surface area contributed by atoms with Crippen molar-refractivity contribution in [2.75, 3.05) is 19.8 Å². The highest BCUT2D eigenvalue weighted by Gasteiger charge is 2.30. The van der Waals surface area contributed by atoms with Gasteiger partial charge in [0.25, 0.3) is 5.91 Å². The van der Waals surface area contributed by atoms with Crippen LogP contribution in [0.5, 0.6) is 0 Å². The summed E-state index contributed by atoms with van der Waals surface area (Å²) in [7, 11) is 0. The number of amides is 1. The first-order chi connectivity index (χ1) is 11.6. The molecule has 8 heteroatoms. The first kappa shape index (κ1) is 16.1. The minimum atomic E-state index is -1.06. The number of carbonyl (C=O) groups excluding carboxylic acids is 1. The van der Waals surface area contributed by atoms with Crippen LogP contribution in [0.25, 0.3) is 11.3 Å². The van der Waals surface area contributed by atoms with Gasteiger partial charge < -0.3 is 19.3 Å². The van der Waals surface area contributed by atoms with Crippen molar-refractivity contribution in [1.29, 1.82) is 0 Å². The van der Waals surface area contributed by atoms with E-state index in [1.165, 1.54) is 11.0 Å². The van der Waals surface area contributed by atoms with E-state index in [9.17, 15) is 9.59 Å². The molecule has 1 amide bonds. The minimum Gasteiger partial charge on any atom is -0.480 e. The van der Waals surface area contributed by atoms with Gasteiger partial charge in [0.05, 0.1) is 0 Å². The Labute approximate surface area is 138 Å². The van der Waals surface area contributed by atoms with Crippen LogP contribution in [-0.2, 0) is 9.53 Å². The molecule has 0 bridgehead atoms. The normalized spacial score (nSPS) is 15.2. The van der Waals surface area contributed by atoms with Crippen molar-refractivity contribution >= 4 is 11.9 Å². The van der Waals surface area contributed by atoms with E-state index in [-0.39, 0.29) is 18.3 Å². The number of carboxylic acids is 1. The third-order valence-electron chi connectivity index (χ3n) is 3.87. The van der Waals surface area contributed by atoms with E-state index in [2.05, 4.69) is 10.1 Å². The van der Waals surface area contributed by atoms with E-state index in [4.69, 9.17) is 14.4 Å². The molecular weight excluding hydrogens is 314 g/mol. The lowest BCUT2D eigenvalue weighted by molar-refractivity contribution is -0.138. The average Bonchev–Trinajstić information content (AvgIpc) is 3.10. The van der Waals surface area contributed by atoms with Gasteiger partial charge in [-0.1, -0.05) is 5.16 Å². The summed E-state index contributed by atoms with van der Waals surface area (Å²) in [5.74, 6) is -1.11. The molecule has 0 aromatic carbocycles. The Hall–Kier alpha value is -2.74. The van der Waals surface area contributed by atoms with Gasteiger partial charge in [-0.15, -0.1) is 0 Å². The Morgan fingerprint density at radius 1 is 1.33 bits per heavy atom. The van der Waals surface area contributed by atoms with Gasteiger partial charge in [0.2, 0.25) is 0 Å². The van der Waals surface area contributed by atoms with Crippen molar-refractivity contribution < 1.29 is 24.0 Å². The fourth-order valence-corrected chi connectivity index (χ4v) is 2.68. The molecule has 0 spiro atoms. The zero-order valence-corrected chi connectivity index (χ0v) is 12.9. The zero-order valence-electron chi connectivity index (χ0n) is 12.9. The molecule has 126 valence electrons. The van der Waals surface area contributed by atoms with Crippen LogP contribution in [0.3, 0.4) is 0 Å². The molecule has 0 radical (unpaired) electrons. The lowest BCUT2D eigenvalue weighted by atomic mass is 10.1. The van der Waals surface area contributed by atoms with E-state index < -0.39 is 11.9 Å². The van der Waals surface area contributed by atoms with E-state index in [0.29, 0.717) is 37.4 Å². The van der Waals surface area contributed by atoms with Crippen LogP contribution in [0.1, 0.15) is 23.3 Å². The number of hydrogen-bond donors (Lipinski definition) is 1. The summed E-state index contributed by atoms with van der Waals surface area (Å²) in [5.41, 5.74) is 0.779. The molecule has 24 heavy (non-hydrogen) atoms. The van der Waals surface area contributed by atoms with E-state index in [1.54, 1.807) is 24.5 Å². The Morgan fingerprint density at radius 3 is 2.79 bits per heavy atom. The fourth-order valence-electron chi connectivity index (χ4n) is 2.68. The van der Waals surface area contributed by atoms with Crippen molar-refractivity contribution in [2.45, 2.75) is 18.9 Å². The van der Waals surface area contributed by atoms with Gasteiger partial charge >= 0.3 is 5.97 Å². The lowest BCUT2D eigenvalue weighted by Gasteiger charge is -2.32. The fraction of sp³-hybridized carbons (Fsp3) is 0.375. The Morgan fingerprint density at radius 2 is 2.12 bits per heavy atom. The molecule has 0 saturated carbocycles. The molecule has 3 heterocycles. The van der Waals surface area contributed by atoms with Gasteiger partial charge in [0.15, 0.2) is 11.5 Å². The second-order valence-corrected chi connectivity index (χ2v) is 5.49. The summed E-state index contributed by atoms with van der Waals surface area (Å²) in [4.78, 5) is 29.2. The number of ether oxygens (including phenoxy) is 1. The molecule has 1 saturated heterocycles. The van der Waals surface area contributed by atoms with Crippen molar-refractivity contribution in [3.63, 3.8) is 0 Å². The molecule has 0 aliphatic carbocycles. The molecule has 1 fully saturated rings. The van der Waals surface area contributed by atoms with Gasteiger partial charge in [-0.2, -0.15) is 0 Å². The molecule has 1 aliphatic rings. The molecule has 0 unspecified atom stereocenters. The van der Waals surface area contributed by atoms with Crippen molar-refractivity contribution in [1.82, 2.24) is 15.0 Å². The smallest absolute Gasteiger partial charge is 0.323 e. The molecule has 2 aromatic rings. The lowest BCUT2D eigenvalue weighted by Crippen LogP contribution is -2.46. The molecule has 2 aromatic heterocycles. The zero-order chi connectivity index (χ0) is 16.9. The van der Waals surface area contributed by atoms with Crippen LogP contribution in [-0.4, -0.2) is 57.8 Å². The summed E-state index contributed by atoms with van der Waals surface area (Å²) in [6, 6.07) is 4.86. The van der Waals surface area contributed by atoms with Crippen molar-refractivity contribution in [2.24, 2.45) is 0 Å². The highest BCUT2D eigenvalue weighted by molar-refractivity contribution is 5.95. The van der Waals surface area contributed by atoms with E-state index in [1.807, 2.05) is 0 Å². The average molecular weight is 331 g/mol. The SMILES string of the molecule is O=C(O)CN(C(=O)c1cc(-c2cccnc2)on1)C1CCOCC1. The van der Waals surface area contributed by atoms with Crippen LogP contribution in [0.15, 0.2) is 35.1 Å². The van der Waals surface area contributed by atoms with Gasteiger partial charge in [0.1, 0.15) is 6.54 Å². The maximum Gasteiger partial charge on any atom is 0.323 e. The number of nitrogens with zero attached hydrogens (tertiary/aromatic N) is 3. The van der Waals surface area contributed by atoms with Gasteiger partial charge in [-0.25, -0.2) is 0 Å². The van der Waals surface area contributed by atoms with E-state index >= 15 is 0 Å². The standard InChI is InChI=1S/C16H17N3O5/c20-15(21)10-19(12-3-6-23-7-4-12)16(22)13-8-14(24-18-13)11-2-1-5-17-9-11/h1-2,5,8-9,12H,3-4,6-7,10H2,(H,20,21). The summed E-state index contributed by atoms with van der Waals surface area (Å²) in [6.07, 6.45) is 4.44. The van der Waals surface area contributed by atoms with Crippen LogP contribution in [0, 0.1) is 0 Å². The van der Waals surface area contributed by atoms with Crippen LogP contribution < -0.4 is 0 Å². The first-order valence-corrected chi connectivity index (χ1v) is 7.63. The maximum absolute atomic E-state index is 12.7. The Bertz CT molecular complexity index is 710. The number of carbonyl (C=O) groups is 2. The number of carboxylic acid groups (broad SMARTS) is 1. The van der Waals surface area contributed by atoms with Crippen molar-refractivity contribution in [3.8, 4) is 11.3 Å². The van der Waals surface area contributed by atoms with Crippen LogP contribution in [0.4, 0.5) is 0 Å². The first-order valence-electron chi connectivity index (χ1n) is 7.63. The topological polar surface area (TPSA) is 106 Å². The molecule has 1 N–H and O–H groups in total. The number of hydrogen-bond acceptors (Lipinski definition) is 6. The van der Waals surface area contributed by atoms with Gasteiger partial charge in [0, 0.05) is 43.3 Å². The highest BCUT2D eigenvalue weighted by atomic mass is 16.5. The summed E-state index contributed by atoms with van der Waals surface area (Å²) in [6.45, 7) is 0.639. The number of rotatable bonds is 5. The van der Waals surface area contributed by atoms with E-state index in [0.717, 1.165) is 0 Å². The third kappa shape index (κ3) is 3.60. The molecule has 0 atom stereocenters. The monoisotopic (exact) mass is 331 g/mol. The second-order valence-electron chi connectivity index (χ2n) is 5.49. The molecular formula is C16H17N3O5. The Balaban J connectivity index is 1.81. The Kier molecular flexibility index (Phi) is 4.85. The number of aromatic nitrogens is 2. The predicted molar refractivity (Wildman–Crippen MR) is 82.2 cm³/mol. The summed E-state index contributed by atoms with van der Waals surface area (Å²) in [5, 5.41) is 12.9. The molecule has 8 nitrogen and oxygen atoms in total. The van der Waals surface area contributed by atoms with Gasteiger partial charge in [-0.3, -0.25) is 14.6 Å². The summed E-state index contributed by atoms with van der Waals surface area (Å²) >= 11 is 0. The number of pyridine rings is 1. The highest BCUT2D eigenvalue weighted by Crippen LogP contribution is 2.22. The maximum atomic E-state index is 12.7.